The smallest absolute Gasteiger partial charge is 0.222 e. The van der Waals surface area contributed by atoms with Gasteiger partial charge in [0.25, 0.3) is 0 Å². The first-order chi connectivity index (χ1) is 13.8. The number of hydrogen-bond donors (Lipinski definition) is 2. The Morgan fingerprint density at radius 2 is 1.69 bits per heavy atom. The van der Waals surface area contributed by atoms with Crippen molar-refractivity contribution in [3.05, 3.63) is 77.0 Å². The summed E-state index contributed by atoms with van der Waals surface area (Å²) < 4.78 is 21.4. The van der Waals surface area contributed by atoms with Gasteiger partial charge in [0, 0.05) is 12.7 Å². The van der Waals surface area contributed by atoms with Crippen LogP contribution in [0.1, 0.15) is 19.4 Å². The molecule has 0 saturated heterocycles. The molecule has 0 bridgehead atoms. The molecule has 0 unspecified atom stereocenters. The van der Waals surface area contributed by atoms with E-state index in [0.717, 1.165) is 18.8 Å². The Bertz CT molecular complexity index is 706. The van der Waals surface area contributed by atoms with Crippen LogP contribution >= 0.6 is 0 Å². The minimum absolute atomic E-state index is 0.0724. The third kappa shape index (κ3) is 15.3. The van der Waals surface area contributed by atoms with Crippen molar-refractivity contribution in [1.82, 2.24) is 5.12 Å². The van der Waals surface area contributed by atoms with Gasteiger partial charge in [-0.3, -0.25) is 5.41 Å². The number of halogens is 1. The van der Waals surface area contributed by atoms with Crippen LogP contribution in [0.4, 0.5) is 15.9 Å². The van der Waals surface area contributed by atoms with E-state index in [1.54, 1.807) is 24.3 Å². The van der Waals surface area contributed by atoms with Crippen LogP contribution in [0.3, 0.4) is 0 Å². The summed E-state index contributed by atoms with van der Waals surface area (Å²) in [7, 11) is 3.80. The standard InChI is InChI=1S/C7H9N.C6H11FN2O2.C6H5NO.C2H6/c1-6-3-2-4-7(8)5-6;1-9(7)6(11-3)4-5(8)10-2;8-7-6-4-2-1-3-5-6;1-2/h2-5H,8H2,1H3;4,8H,1-3H3;1-5H;1-2H3/b;6-4+,8-5?;;. The van der Waals surface area contributed by atoms with Gasteiger partial charge >= 0.3 is 0 Å². The SMILES string of the molecule is CC.COC(=N)/C=C(/OC)N(C)F.Cc1cccc(N)c1.O=Nc1ccccc1. The molecular formula is C21H31FN4O3. The molecule has 8 heteroatoms. The van der Waals surface area contributed by atoms with E-state index in [1.807, 2.05) is 51.1 Å². The van der Waals surface area contributed by atoms with E-state index in [9.17, 15) is 9.39 Å². The van der Waals surface area contributed by atoms with Crippen LogP contribution in [-0.4, -0.2) is 32.3 Å². The first-order valence-corrected chi connectivity index (χ1v) is 8.82. The Kier molecular flexibility index (Phi) is 17.2. The molecule has 2 aromatic rings. The van der Waals surface area contributed by atoms with E-state index in [4.69, 9.17) is 11.1 Å². The molecule has 0 aromatic heterocycles. The second-order valence-electron chi connectivity index (χ2n) is 5.07. The van der Waals surface area contributed by atoms with Crippen LogP contribution in [0, 0.1) is 17.2 Å². The van der Waals surface area contributed by atoms with Crippen LogP contribution < -0.4 is 5.73 Å². The number of nitrogen functional groups attached to an aromatic ring is 1. The Hall–Kier alpha value is -3.42. The minimum atomic E-state index is -0.161. The van der Waals surface area contributed by atoms with E-state index in [2.05, 4.69) is 14.7 Å². The first-order valence-electron chi connectivity index (χ1n) is 8.82. The van der Waals surface area contributed by atoms with Crippen LogP contribution in [0.25, 0.3) is 0 Å². The highest BCUT2D eigenvalue weighted by Gasteiger charge is 2.03. The fourth-order valence-corrected chi connectivity index (χ4v) is 1.60. The van der Waals surface area contributed by atoms with Crippen LogP contribution in [0.5, 0.6) is 0 Å². The molecule has 0 spiro atoms. The first kappa shape index (κ1) is 27.8. The van der Waals surface area contributed by atoms with E-state index in [0.29, 0.717) is 5.69 Å². The maximum absolute atomic E-state index is 12.4. The lowest BCUT2D eigenvalue weighted by Crippen LogP contribution is -2.10. The predicted octanol–water partition coefficient (Wildman–Crippen LogP) is 5.60. The summed E-state index contributed by atoms with van der Waals surface area (Å²) in [5.74, 6) is -0.233. The summed E-state index contributed by atoms with van der Waals surface area (Å²) in [5.41, 5.74) is 7.99. The highest BCUT2D eigenvalue weighted by Crippen LogP contribution is 2.07. The number of nitroso groups, excluding NO2 is 1. The van der Waals surface area contributed by atoms with Crippen molar-refractivity contribution >= 4 is 17.3 Å². The molecule has 0 heterocycles. The molecule has 0 aliphatic heterocycles. The normalized spacial score (nSPS) is 9.14. The molecule has 2 aromatic carbocycles. The van der Waals surface area contributed by atoms with E-state index < -0.39 is 0 Å². The number of methoxy groups -OCH3 is 2. The zero-order valence-electron chi connectivity index (χ0n) is 17.8. The number of nitrogens with two attached hydrogens (primary N) is 1. The number of nitrogens with one attached hydrogen (secondary N) is 1. The van der Waals surface area contributed by atoms with Gasteiger partial charge in [-0.15, -0.1) is 4.91 Å². The predicted molar refractivity (Wildman–Crippen MR) is 118 cm³/mol. The molecule has 0 saturated carbocycles. The molecule has 0 aliphatic rings. The Morgan fingerprint density at radius 1 is 1.10 bits per heavy atom. The van der Waals surface area contributed by atoms with E-state index >= 15 is 0 Å². The van der Waals surface area contributed by atoms with Gasteiger partial charge in [-0.25, -0.2) is 0 Å². The second-order valence-corrected chi connectivity index (χ2v) is 5.07. The fourth-order valence-electron chi connectivity index (χ4n) is 1.60. The molecule has 0 radical (unpaired) electrons. The van der Waals surface area contributed by atoms with Crippen LogP contribution in [0.15, 0.2) is 71.7 Å². The van der Waals surface area contributed by atoms with Crippen molar-refractivity contribution in [2.24, 2.45) is 5.18 Å². The van der Waals surface area contributed by atoms with Gasteiger partial charge < -0.3 is 15.2 Å². The van der Waals surface area contributed by atoms with Gasteiger partial charge in [0.15, 0.2) is 0 Å². The molecule has 0 fully saturated rings. The summed E-state index contributed by atoms with van der Waals surface area (Å²) in [6.07, 6.45) is 1.12. The lowest BCUT2D eigenvalue weighted by Gasteiger charge is -2.09. The van der Waals surface area contributed by atoms with Crippen molar-refractivity contribution < 1.29 is 14.0 Å². The molecule has 3 N–H and O–H groups in total. The average Bonchev–Trinajstić information content (AvgIpc) is 2.74. The summed E-state index contributed by atoms with van der Waals surface area (Å²) >= 11 is 0. The van der Waals surface area contributed by atoms with Crippen molar-refractivity contribution in [3.63, 3.8) is 0 Å². The number of anilines is 1. The topological polar surface area (TPSA) is 101 Å². The molecule has 0 amide bonds. The van der Waals surface area contributed by atoms with Gasteiger partial charge in [-0.2, -0.15) is 5.12 Å². The van der Waals surface area contributed by atoms with Gasteiger partial charge in [-0.1, -0.05) is 48.7 Å². The number of nitrogens with zero attached hydrogens (tertiary/aromatic N) is 2. The lowest BCUT2D eigenvalue weighted by molar-refractivity contribution is 0.0239. The summed E-state index contributed by atoms with van der Waals surface area (Å²) in [6, 6.07) is 16.5. The fraction of sp³-hybridized carbons (Fsp3) is 0.286. The van der Waals surface area contributed by atoms with Crippen molar-refractivity contribution in [2.45, 2.75) is 20.8 Å². The molecular weight excluding hydrogens is 375 g/mol. The number of hydrogen-bond acceptors (Lipinski definition) is 7. The van der Waals surface area contributed by atoms with Gasteiger partial charge in [0.2, 0.25) is 11.8 Å². The number of rotatable bonds is 4. The highest BCUT2D eigenvalue weighted by atomic mass is 19.2. The van der Waals surface area contributed by atoms with Gasteiger partial charge in [0.1, 0.15) is 5.69 Å². The zero-order chi connectivity index (χ0) is 22.7. The maximum Gasteiger partial charge on any atom is 0.222 e. The van der Waals surface area contributed by atoms with Crippen molar-refractivity contribution in [2.75, 3.05) is 27.0 Å². The Labute approximate surface area is 172 Å². The zero-order valence-corrected chi connectivity index (χ0v) is 17.8. The number of benzene rings is 2. The van der Waals surface area contributed by atoms with E-state index in [-0.39, 0.29) is 16.9 Å². The third-order valence-electron chi connectivity index (χ3n) is 2.89. The Morgan fingerprint density at radius 3 is 2.00 bits per heavy atom. The summed E-state index contributed by atoms with van der Waals surface area (Å²) in [5, 5.41) is 9.97. The molecule has 29 heavy (non-hydrogen) atoms. The lowest BCUT2D eigenvalue weighted by atomic mass is 10.2. The quantitative estimate of drug-likeness (QED) is 0.172. The highest BCUT2D eigenvalue weighted by molar-refractivity contribution is 5.84. The number of aryl methyl sites for hydroxylation is 1. The third-order valence-corrected chi connectivity index (χ3v) is 2.89. The van der Waals surface area contributed by atoms with Gasteiger partial charge in [-0.05, 0) is 41.9 Å². The minimum Gasteiger partial charge on any atom is -0.481 e. The monoisotopic (exact) mass is 406 g/mol. The molecule has 160 valence electrons. The van der Waals surface area contributed by atoms with Crippen molar-refractivity contribution in [1.29, 1.82) is 5.41 Å². The number of ether oxygens (including phenoxy) is 2. The van der Waals surface area contributed by atoms with Crippen molar-refractivity contribution in [3.8, 4) is 0 Å². The van der Waals surface area contributed by atoms with Gasteiger partial charge in [0.05, 0.1) is 20.3 Å². The Balaban J connectivity index is 0. The molecule has 2 rings (SSSR count). The molecule has 0 aliphatic carbocycles. The molecule has 0 atom stereocenters. The van der Waals surface area contributed by atoms with E-state index in [1.165, 1.54) is 19.8 Å². The van der Waals surface area contributed by atoms with Crippen LogP contribution in [-0.2, 0) is 9.47 Å². The summed E-state index contributed by atoms with van der Waals surface area (Å²) in [6.45, 7) is 6.02. The average molecular weight is 407 g/mol. The summed E-state index contributed by atoms with van der Waals surface area (Å²) in [4.78, 5) is 9.76. The molecule has 7 nitrogen and oxygen atoms in total. The van der Waals surface area contributed by atoms with Crippen LogP contribution in [0.2, 0.25) is 0 Å². The second kappa shape index (κ2) is 18.0. The maximum atomic E-state index is 12.4. The largest absolute Gasteiger partial charge is 0.481 e.